The van der Waals surface area contributed by atoms with Crippen LogP contribution in [0.3, 0.4) is 0 Å². The van der Waals surface area contributed by atoms with E-state index >= 15 is 0 Å². The molecule has 1 aliphatic rings. The van der Waals surface area contributed by atoms with Gasteiger partial charge < -0.3 is 25.4 Å². The first-order valence-corrected chi connectivity index (χ1v) is 12.2. The molecule has 1 aromatic heterocycles. The molecule has 0 atom stereocenters. The third-order valence-corrected chi connectivity index (χ3v) is 6.66. The van der Waals surface area contributed by atoms with Gasteiger partial charge in [-0.05, 0) is 35.9 Å². The number of benzene rings is 2. The van der Waals surface area contributed by atoms with Gasteiger partial charge in [-0.25, -0.2) is 4.98 Å². The molecular weight excluding hydrogens is 476 g/mol. The van der Waals surface area contributed by atoms with Gasteiger partial charge in [0.25, 0.3) is 0 Å². The van der Waals surface area contributed by atoms with Crippen LogP contribution >= 0.6 is 23.1 Å². The van der Waals surface area contributed by atoms with Gasteiger partial charge in [-0.15, -0.1) is 11.3 Å². The summed E-state index contributed by atoms with van der Waals surface area (Å²) in [4.78, 5) is 40.2. The summed E-state index contributed by atoms with van der Waals surface area (Å²) in [6.07, 6.45) is 0.156. The molecule has 0 saturated heterocycles. The molecule has 176 valence electrons. The Kier molecular flexibility index (Phi) is 7.65. The number of ether oxygens (including phenoxy) is 2. The van der Waals surface area contributed by atoms with E-state index in [1.54, 1.807) is 24.3 Å². The molecule has 9 nitrogen and oxygen atoms in total. The fraction of sp³-hybridized carbons (Fsp3) is 0.217. The van der Waals surface area contributed by atoms with Gasteiger partial charge in [0.15, 0.2) is 15.8 Å². The zero-order valence-electron chi connectivity index (χ0n) is 18.3. The predicted molar refractivity (Wildman–Crippen MR) is 130 cm³/mol. The lowest BCUT2D eigenvalue weighted by Gasteiger charge is -2.07. The molecule has 0 spiro atoms. The van der Waals surface area contributed by atoms with E-state index in [1.807, 2.05) is 23.6 Å². The third-order valence-electron chi connectivity index (χ3n) is 4.59. The Balaban J connectivity index is 1.20. The van der Waals surface area contributed by atoms with E-state index in [1.165, 1.54) is 30.0 Å². The zero-order valence-corrected chi connectivity index (χ0v) is 19.9. The van der Waals surface area contributed by atoms with Crippen LogP contribution in [0.5, 0.6) is 11.5 Å². The predicted octanol–water partition coefficient (Wildman–Crippen LogP) is 3.42. The largest absolute Gasteiger partial charge is 0.454 e. The van der Waals surface area contributed by atoms with Crippen LogP contribution in [0.4, 0.5) is 11.4 Å². The minimum atomic E-state index is -0.191. The number of hydrogen-bond donors (Lipinski definition) is 3. The lowest BCUT2D eigenvalue weighted by atomic mass is 10.2. The van der Waals surface area contributed by atoms with Gasteiger partial charge in [0, 0.05) is 30.2 Å². The van der Waals surface area contributed by atoms with Crippen molar-refractivity contribution < 1.29 is 23.9 Å². The van der Waals surface area contributed by atoms with Crippen LogP contribution in [0, 0.1) is 0 Å². The number of nitrogens with zero attached hydrogens (tertiary/aromatic N) is 1. The highest BCUT2D eigenvalue weighted by Gasteiger charge is 2.14. The Hall–Kier alpha value is -3.57. The second-order valence-electron chi connectivity index (χ2n) is 7.34. The molecule has 1 aliphatic heterocycles. The van der Waals surface area contributed by atoms with Crippen molar-refractivity contribution >= 4 is 52.2 Å². The summed E-state index contributed by atoms with van der Waals surface area (Å²) in [7, 11) is 0. The molecule has 3 aromatic rings. The molecule has 0 radical (unpaired) electrons. The van der Waals surface area contributed by atoms with E-state index in [0.717, 1.165) is 5.56 Å². The minimum Gasteiger partial charge on any atom is -0.454 e. The average Bonchev–Trinajstić information content (AvgIpc) is 3.45. The van der Waals surface area contributed by atoms with Gasteiger partial charge >= 0.3 is 0 Å². The van der Waals surface area contributed by atoms with Crippen LogP contribution in [0.15, 0.2) is 52.2 Å². The zero-order chi connectivity index (χ0) is 23.9. The van der Waals surface area contributed by atoms with Gasteiger partial charge in [-0.3, -0.25) is 14.4 Å². The van der Waals surface area contributed by atoms with Gasteiger partial charge in [-0.2, -0.15) is 0 Å². The second-order valence-corrected chi connectivity index (χ2v) is 9.43. The second kappa shape index (κ2) is 11.0. The number of thioether (sulfide) groups is 1. The van der Waals surface area contributed by atoms with Crippen molar-refractivity contribution in [3.8, 4) is 11.5 Å². The van der Waals surface area contributed by atoms with E-state index in [0.29, 0.717) is 39.5 Å². The molecule has 2 aromatic carbocycles. The summed E-state index contributed by atoms with van der Waals surface area (Å²) in [5, 5.41) is 10.2. The first kappa shape index (κ1) is 23.6. The molecule has 11 heteroatoms. The highest BCUT2D eigenvalue weighted by atomic mass is 32.2. The van der Waals surface area contributed by atoms with Gasteiger partial charge in [0.1, 0.15) is 0 Å². The first-order valence-electron chi connectivity index (χ1n) is 10.3. The molecule has 0 unspecified atom stereocenters. The van der Waals surface area contributed by atoms with Crippen LogP contribution in [0.1, 0.15) is 18.2 Å². The van der Waals surface area contributed by atoms with Crippen molar-refractivity contribution in [1.29, 1.82) is 0 Å². The van der Waals surface area contributed by atoms with Crippen LogP contribution in [-0.2, 0) is 27.3 Å². The number of rotatable bonds is 9. The molecule has 3 N–H and O–H groups in total. The first-order chi connectivity index (χ1) is 16.4. The van der Waals surface area contributed by atoms with Gasteiger partial charge in [0.2, 0.25) is 24.5 Å². The number of hydrogen-bond acceptors (Lipinski definition) is 8. The fourth-order valence-corrected chi connectivity index (χ4v) is 4.76. The Morgan fingerprint density at radius 2 is 1.82 bits per heavy atom. The third kappa shape index (κ3) is 6.72. The number of carbonyl (C=O) groups excluding carboxylic acids is 3. The number of fused-ring (bicyclic) bond motifs is 1. The molecule has 0 fully saturated rings. The molecule has 34 heavy (non-hydrogen) atoms. The van der Waals surface area contributed by atoms with Crippen LogP contribution < -0.4 is 25.4 Å². The number of amides is 3. The summed E-state index contributed by atoms with van der Waals surface area (Å²) >= 11 is 2.69. The van der Waals surface area contributed by atoms with Crippen molar-refractivity contribution in [2.24, 2.45) is 0 Å². The van der Waals surface area contributed by atoms with E-state index in [9.17, 15) is 14.4 Å². The molecule has 4 rings (SSSR count). The Bertz CT molecular complexity index is 1210. The number of nitrogens with one attached hydrogen (secondary N) is 3. The lowest BCUT2D eigenvalue weighted by Crippen LogP contribution is -2.24. The molecular formula is C23H22N4O5S2. The van der Waals surface area contributed by atoms with E-state index in [2.05, 4.69) is 20.9 Å². The molecule has 2 heterocycles. The highest BCUT2D eigenvalue weighted by molar-refractivity contribution is 8.01. The smallest absolute Gasteiger partial charge is 0.234 e. The van der Waals surface area contributed by atoms with Gasteiger partial charge in [-0.1, -0.05) is 23.9 Å². The fourth-order valence-electron chi connectivity index (χ4n) is 3.12. The van der Waals surface area contributed by atoms with E-state index < -0.39 is 0 Å². The SMILES string of the molecule is CC(=O)Nc1cccc(NC(=O)CSc2nc(CC(=O)NCc3ccc4c(c3)OCO4)cs2)c1. The number of thiazole rings is 1. The number of carbonyl (C=O) groups is 3. The molecule has 0 aliphatic carbocycles. The molecule has 3 amide bonds. The lowest BCUT2D eigenvalue weighted by molar-refractivity contribution is -0.120. The minimum absolute atomic E-state index is 0.142. The monoisotopic (exact) mass is 498 g/mol. The normalized spacial score (nSPS) is 11.7. The van der Waals surface area contributed by atoms with Crippen molar-refractivity contribution in [3.63, 3.8) is 0 Å². The summed E-state index contributed by atoms with van der Waals surface area (Å²) in [5.41, 5.74) is 2.77. The maximum absolute atomic E-state index is 12.3. The molecule has 0 bridgehead atoms. The maximum atomic E-state index is 12.3. The van der Waals surface area contributed by atoms with Gasteiger partial charge in [0.05, 0.1) is 17.9 Å². The standard InChI is InChI=1S/C23H22N4O5S2/c1-14(28)25-16-3-2-4-17(8-16)26-22(30)12-34-23-27-18(11-33-23)9-21(29)24-10-15-5-6-19-20(7-15)32-13-31-19/h2-8,11H,9-10,12-13H2,1H3,(H,24,29)(H,25,28)(H,26,30). The quantitative estimate of drug-likeness (QED) is 0.387. The summed E-state index contributed by atoms with van der Waals surface area (Å²) in [6.45, 7) is 2.01. The number of anilines is 2. The topological polar surface area (TPSA) is 119 Å². The maximum Gasteiger partial charge on any atom is 0.234 e. The van der Waals surface area contributed by atoms with Crippen molar-refractivity contribution in [1.82, 2.24) is 10.3 Å². The highest BCUT2D eigenvalue weighted by Crippen LogP contribution is 2.32. The van der Waals surface area contributed by atoms with Crippen LogP contribution in [0.2, 0.25) is 0 Å². The van der Waals surface area contributed by atoms with E-state index in [-0.39, 0.29) is 36.7 Å². The van der Waals surface area contributed by atoms with Crippen molar-refractivity contribution in [2.75, 3.05) is 23.2 Å². The Labute approximate surface area is 204 Å². The Morgan fingerprint density at radius 1 is 1.03 bits per heavy atom. The van der Waals surface area contributed by atoms with Crippen LogP contribution in [-0.4, -0.2) is 35.3 Å². The summed E-state index contributed by atoms with van der Waals surface area (Å²) < 4.78 is 11.3. The Morgan fingerprint density at radius 3 is 2.65 bits per heavy atom. The number of aromatic nitrogens is 1. The average molecular weight is 499 g/mol. The van der Waals surface area contributed by atoms with Crippen LogP contribution in [0.25, 0.3) is 0 Å². The summed E-state index contributed by atoms with van der Waals surface area (Å²) in [5.74, 6) is 1.04. The summed E-state index contributed by atoms with van der Waals surface area (Å²) in [6, 6.07) is 12.5. The van der Waals surface area contributed by atoms with Crippen molar-refractivity contribution in [3.05, 3.63) is 59.1 Å². The van der Waals surface area contributed by atoms with Crippen molar-refractivity contribution in [2.45, 2.75) is 24.2 Å². The molecule has 0 saturated carbocycles. The van der Waals surface area contributed by atoms with E-state index in [4.69, 9.17) is 9.47 Å².